The summed E-state index contributed by atoms with van der Waals surface area (Å²) < 4.78 is 0. The molecule has 2 N–H and O–H groups in total. The molecule has 0 saturated carbocycles. The summed E-state index contributed by atoms with van der Waals surface area (Å²) in [5.41, 5.74) is -0.139. The van der Waals surface area contributed by atoms with Gasteiger partial charge in [-0.2, -0.15) is 0 Å². The van der Waals surface area contributed by atoms with Crippen LogP contribution in [0.5, 0.6) is 0 Å². The van der Waals surface area contributed by atoms with E-state index in [0.29, 0.717) is 13.1 Å². The molecule has 0 aromatic rings. The monoisotopic (exact) mass is 318 g/mol. The maximum Gasteiger partial charge on any atom is 0.223 e. The van der Waals surface area contributed by atoms with E-state index in [1.54, 1.807) is 0 Å². The first-order valence-electron chi connectivity index (χ1n) is 8.83. The molecule has 0 aliphatic heterocycles. The molecular weight excluding hydrogens is 288 g/mol. The van der Waals surface area contributed by atoms with E-state index in [9.17, 15) is 9.59 Å². The van der Waals surface area contributed by atoms with Crippen molar-refractivity contribution in [1.82, 2.24) is 10.6 Å². The van der Waals surface area contributed by atoms with Crippen LogP contribution in [0.2, 0.25) is 0 Å². The maximum absolute atomic E-state index is 12.2. The molecule has 0 aromatic heterocycles. The van der Waals surface area contributed by atoms with Gasteiger partial charge < -0.3 is 10.6 Å². The van der Waals surface area contributed by atoms with Crippen LogP contribution in [0.3, 0.4) is 0 Å². The summed E-state index contributed by atoms with van der Waals surface area (Å²) in [7, 11) is 0. The molecule has 23 heavy (non-hydrogen) atoms. The second kappa shape index (κ2) is 8.32. The Morgan fingerprint density at radius 2 is 1.30 bits per heavy atom. The fourth-order valence-corrected chi connectivity index (χ4v) is 3.07. The summed E-state index contributed by atoms with van der Waals surface area (Å²) in [6, 6.07) is 0. The van der Waals surface area contributed by atoms with Crippen molar-refractivity contribution >= 4 is 11.8 Å². The number of hydrogen-bond donors (Lipinski definition) is 2. The second-order valence-electron chi connectivity index (χ2n) is 7.56. The van der Waals surface area contributed by atoms with Crippen LogP contribution in [0.25, 0.3) is 0 Å². The largest absolute Gasteiger partial charge is 0.355 e. The fourth-order valence-electron chi connectivity index (χ4n) is 3.07. The van der Waals surface area contributed by atoms with Gasteiger partial charge in [-0.15, -0.1) is 0 Å². The molecule has 0 bridgehead atoms. The Kier molecular flexibility index (Phi) is 6.43. The van der Waals surface area contributed by atoms with E-state index in [2.05, 4.69) is 48.8 Å². The quantitative estimate of drug-likeness (QED) is 0.740. The lowest BCUT2D eigenvalue weighted by Crippen LogP contribution is -2.44. The molecule has 4 nitrogen and oxygen atoms in total. The molecule has 0 spiro atoms. The van der Waals surface area contributed by atoms with E-state index in [1.807, 2.05) is 0 Å². The summed E-state index contributed by atoms with van der Waals surface area (Å²) in [6.45, 7) is 5.35. The Balaban J connectivity index is 1.70. The van der Waals surface area contributed by atoms with Crippen LogP contribution in [0, 0.1) is 17.3 Å². The molecule has 2 atom stereocenters. The van der Waals surface area contributed by atoms with Gasteiger partial charge in [-0.1, -0.05) is 38.2 Å². The summed E-state index contributed by atoms with van der Waals surface area (Å²) in [4.78, 5) is 24.4. The molecule has 2 amide bonds. The van der Waals surface area contributed by atoms with Crippen LogP contribution in [-0.2, 0) is 9.59 Å². The summed E-state index contributed by atoms with van der Waals surface area (Å²) in [5, 5.41) is 6.12. The van der Waals surface area contributed by atoms with Gasteiger partial charge >= 0.3 is 0 Å². The molecule has 4 heteroatoms. The number of allylic oxidation sites excluding steroid dienone is 4. The second-order valence-corrected chi connectivity index (χ2v) is 7.56. The highest BCUT2D eigenvalue weighted by Gasteiger charge is 2.25. The van der Waals surface area contributed by atoms with Crippen molar-refractivity contribution in [1.29, 1.82) is 0 Å². The predicted octanol–water partition coefficient (Wildman–Crippen LogP) is 2.96. The molecule has 0 unspecified atom stereocenters. The highest BCUT2D eigenvalue weighted by Crippen LogP contribution is 2.20. The Labute approximate surface area is 139 Å². The zero-order valence-electron chi connectivity index (χ0n) is 14.4. The first-order chi connectivity index (χ1) is 11.0. The number of carbonyl (C=O) groups is 2. The van der Waals surface area contributed by atoms with Crippen molar-refractivity contribution < 1.29 is 9.59 Å². The molecular formula is C19H30N2O2. The van der Waals surface area contributed by atoms with E-state index in [-0.39, 0.29) is 29.1 Å². The van der Waals surface area contributed by atoms with Crippen LogP contribution in [0.4, 0.5) is 0 Å². The molecule has 2 aliphatic rings. The Bertz CT molecular complexity index is 438. The van der Waals surface area contributed by atoms with Crippen molar-refractivity contribution in [3.63, 3.8) is 0 Å². The van der Waals surface area contributed by atoms with E-state index in [0.717, 1.165) is 38.5 Å². The number of rotatable bonds is 6. The minimum Gasteiger partial charge on any atom is -0.355 e. The van der Waals surface area contributed by atoms with Crippen LogP contribution in [0.15, 0.2) is 24.3 Å². The number of nitrogens with one attached hydrogen (secondary N) is 2. The van der Waals surface area contributed by atoms with Crippen molar-refractivity contribution in [2.45, 2.75) is 52.4 Å². The normalized spacial score (nSPS) is 24.3. The first kappa shape index (κ1) is 17.8. The smallest absolute Gasteiger partial charge is 0.223 e. The maximum atomic E-state index is 12.2. The van der Waals surface area contributed by atoms with Gasteiger partial charge in [0.25, 0.3) is 0 Å². The third kappa shape index (κ3) is 5.85. The van der Waals surface area contributed by atoms with Gasteiger partial charge in [0.05, 0.1) is 0 Å². The first-order valence-corrected chi connectivity index (χ1v) is 8.83. The Morgan fingerprint density at radius 3 is 1.65 bits per heavy atom. The van der Waals surface area contributed by atoms with Crippen molar-refractivity contribution in [3.8, 4) is 0 Å². The van der Waals surface area contributed by atoms with Crippen molar-refractivity contribution in [2.75, 3.05) is 13.1 Å². The van der Waals surface area contributed by atoms with Gasteiger partial charge in [-0.25, -0.2) is 0 Å². The predicted molar refractivity (Wildman–Crippen MR) is 92.8 cm³/mol. The van der Waals surface area contributed by atoms with E-state index >= 15 is 0 Å². The molecule has 0 saturated heterocycles. The average molecular weight is 318 g/mol. The van der Waals surface area contributed by atoms with Crippen LogP contribution in [0.1, 0.15) is 52.4 Å². The van der Waals surface area contributed by atoms with Crippen LogP contribution in [-0.4, -0.2) is 24.9 Å². The standard InChI is InChI=1S/C19H30N2O2/c1-19(2,13-20-17(22)15-9-5-3-6-10-15)14-21-18(23)16-11-7-4-8-12-16/h3-5,7,15-16H,6,8-14H2,1-2H3,(H,20,22)(H,21,23)/t15-,16-/m0/s1. The topological polar surface area (TPSA) is 58.2 Å². The van der Waals surface area contributed by atoms with Crippen LogP contribution >= 0.6 is 0 Å². The Hall–Kier alpha value is -1.58. The fraction of sp³-hybridized carbons (Fsp3) is 0.684. The highest BCUT2D eigenvalue weighted by molar-refractivity contribution is 5.79. The lowest BCUT2D eigenvalue weighted by molar-refractivity contribution is -0.125. The molecule has 0 fully saturated rings. The number of amides is 2. The van der Waals surface area contributed by atoms with Gasteiger partial charge in [-0.05, 0) is 43.9 Å². The molecule has 128 valence electrons. The van der Waals surface area contributed by atoms with Gasteiger partial charge in [0.15, 0.2) is 0 Å². The SMILES string of the molecule is CC(C)(CNC(=O)[C@H]1CC=CCC1)CNC(=O)[C@H]1CC=CCC1. The van der Waals surface area contributed by atoms with E-state index < -0.39 is 0 Å². The molecule has 0 radical (unpaired) electrons. The molecule has 0 heterocycles. The number of carbonyl (C=O) groups excluding carboxylic acids is 2. The summed E-state index contributed by atoms with van der Waals surface area (Å²) >= 11 is 0. The minimum atomic E-state index is -0.139. The molecule has 2 rings (SSSR count). The lowest BCUT2D eigenvalue weighted by atomic mass is 9.90. The third-order valence-electron chi connectivity index (χ3n) is 4.76. The van der Waals surface area contributed by atoms with Gasteiger partial charge in [0.1, 0.15) is 0 Å². The third-order valence-corrected chi connectivity index (χ3v) is 4.76. The van der Waals surface area contributed by atoms with Gasteiger partial charge in [0, 0.05) is 24.9 Å². The van der Waals surface area contributed by atoms with Crippen molar-refractivity contribution in [3.05, 3.63) is 24.3 Å². The molecule has 2 aliphatic carbocycles. The molecule has 0 aromatic carbocycles. The van der Waals surface area contributed by atoms with Crippen LogP contribution < -0.4 is 10.6 Å². The zero-order valence-corrected chi connectivity index (χ0v) is 14.4. The van der Waals surface area contributed by atoms with Crippen molar-refractivity contribution in [2.24, 2.45) is 17.3 Å². The highest BCUT2D eigenvalue weighted by atomic mass is 16.2. The Morgan fingerprint density at radius 1 is 0.870 bits per heavy atom. The van der Waals surface area contributed by atoms with Gasteiger partial charge in [-0.3, -0.25) is 9.59 Å². The van der Waals surface area contributed by atoms with Gasteiger partial charge in [0.2, 0.25) is 11.8 Å². The number of hydrogen-bond acceptors (Lipinski definition) is 2. The zero-order chi connectivity index (χ0) is 16.7. The average Bonchev–Trinajstić information content (AvgIpc) is 2.59. The summed E-state index contributed by atoms with van der Waals surface area (Å²) in [5.74, 6) is 0.510. The minimum absolute atomic E-state index is 0.111. The van der Waals surface area contributed by atoms with E-state index in [4.69, 9.17) is 0 Å². The lowest BCUT2D eigenvalue weighted by Gasteiger charge is -2.28. The van der Waals surface area contributed by atoms with E-state index in [1.165, 1.54) is 0 Å². The summed E-state index contributed by atoms with van der Waals surface area (Å²) in [6.07, 6.45) is 14.0.